The first-order valence-corrected chi connectivity index (χ1v) is 5.83. The van der Waals surface area contributed by atoms with Crippen molar-refractivity contribution in [3.63, 3.8) is 0 Å². The van der Waals surface area contributed by atoms with E-state index in [9.17, 15) is 0 Å². The zero-order chi connectivity index (χ0) is 12.8. The molecule has 0 bridgehead atoms. The van der Waals surface area contributed by atoms with Gasteiger partial charge in [-0.05, 0) is 29.3 Å². The van der Waals surface area contributed by atoms with Gasteiger partial charge in [0.1, 0.15) is 11.8 Å². The molecule has 2 rings (SSSR count). The van der Waals surface area contributed by atoms with Crippen LogP contribution in [0.3, 0.4) is 0 Å². The minimum absolute atomic E-state index is 0.397. The van der Waals surface area contributed by atoms with Crippen LogP contribution in [0.15, 0.2) is 42.6 Å². The van der Waals surface area contributed by atoms with Gasteiger partial charge < -0.3 is 4.74 Å². The highest BCUT2D eigenvalue weighted by molar-refractivity contribution is 6.31. The first-order valence-electron chi connectivity index (χ1n) is 5.46. The van der Waals surface area contributed by atoms with Crippen molar-refractivity contribution in [2.45, 2.75) is 13.2 Å². The number of benzene rings is 1. The fourth-order valence-electron chi connectivity index (χ4n) is 1.52. The summed E-state index contributed by atoms with van der Waals surface area (Å²) in [5, 5.41) is 9.43. The molecule has 0 atom stereocenters. The number of hydrogen-bond acceptors (Lipinski definition) is 3. The molecule has 0 amide bonds. The Hall–Kier alpha value is -1.89. The number of pyridine rings is 1. The van der Waals surface area contributed by atoms with Gasteiger partial charge in [0, 0.05) is 11.2 Å². The molecule has 1 aromatic carbocycles. The quantitative estimate of drug-likeness (QED) is 0.845. The molecule has 0 spiro atoms. The molecule has 1 heterocycles. The highest BCUT2D eigenvalue weighted by atomic mass is 35.5. The SMILES string of the molecule is N#Cc1cc(COCc2ccccc2Cl)ccn1. The predicted octanol–water partition coefficient (Wildman–Crippen LogP) is 3.32. The standard InChI is InChI=1S/C14H11ClN2O/c15-14-4-2-1-3-12(14)10-18-9-11-5-6-17-13(7-11)8-16/h1-7H,9-10H2. The second-order valence-electron chi connectivity index (χ2n) is 3.75. The van der Waals surface area contributed by atoms with E-state index in [0.29, 0.717) is 23.9 Å². The molecule has 18 heavy (non-hydrogen) atoms. The van der Waals surface area contributed by atoms with E-state index in [2.05, 4.69) is 4.98 Å². The summed E-state index contributed by atoms with van der Waals surface area (Å²) in [7, 11) is 0. The normalized spacial score (nSPS) is 10.0. The van der Waals surface area contributed by atoms with Crippen molar-refractivity contribution in [1.29, 1.82) is 5.26 Å². The molecule has 0 fully saturated rings. The van der Waals surface area contributed by atoms with Crippen molar-refractivity contribution in [3.05, 3.63) is 64.4 Å². The van der Waals surface area contributed by atoms with Gasteiger partial charge in [-0.3, -0.25) is 0 Å². The summed E-state index contributed by atoms with van der Waals surface area (Å²) >= 11 is 6.02. The highest BCUT2D eigenvalue weighted by Gasteiger charge is 2.00. The zero-order valence-corrected chi connectivity index (χ0v) is 10.4. The number of rotatable bonds is 4. The summed E-state index contributed by atoms with van der Waals surface area (Å²) in [5.74, 6) is 0. The van der Waals surface area contributed by atoms with Gasteiger partial charge in [0.25, 0.3) is 0 Å². The molecule has 3 nitrogen and oxygen atoms in total. The summed E-state index contributed by atoms with van der Waals surface area (Å²) in [6.07, 6.45) is 1.60. The van der Waals surface area contributed by atoms with Gasteiger partial charge in [0.2, 0.25) is 0 Å². The van der Waals surface area contributed by atoms with Crippen molar-refractivity contribution in [1.82, 2.24) is 4.98 Å². The lowest BCUT2D eigenvalue weighted by Gasteiger charge is -2.06. The van der Waals surface area contributed by atoms with Crippen LogP contribution in [0.25, 0.3) is 0 Å². The summed E-state index contributed by atoms with van der Waals surface area (Å²) in [4.78, 5) is 3.90. The van der Waals surface area contributed by atoms with Gasteiger partial charge in [-0.15, -0.1) is 0 Å². The molecule has 0 aliphatic carbocycles. The van der Waals surface area contributed by atoms with Gasteiger partial charge in [0.05, 0.1) is 13.2 Å². The third-order valence-electron chi connectivity index (χ3n) is 2.42. The molecule has 0 aliphatic heterocycles. The van der Waals surface area contributed by atoms with Crippen LogP contribution in [0.5, 0.6) is 0 Å². The van der Waals surface area contributed by atoms with Crippen LogP contribution in [-0.2, 0) is 18.0 Å². The second kappa shape index (κ2) is 6.15. The van der Waals surface area contributed by atoms with Gasteiger partial charge in [0.15, 0.2) is 0 Å². The van der Waals surface area contributed by atoms with E-state index in [-0.39, 0.29) is 0 Å². The number of aromatic nitrogens is 1. The van der Waals surface area contributed by atoms with E-state index in [1.165, 1.54) is 0 Å². The van der Waals surface area contributed by atoms with Crippen molar-refractivity contribution < 1.29 is 4.74 Å². The Morgan fingerprint density at radius 1 is 1.22 bits per heavy atom. The third kappa shape index (κ3) is 3.30. The highest BCUT2D eigenvalue weighted by Crippen LogP contribution is 2.16. The van der Waals surface area contributed by atoms with Crippen LogP contribution in [-0.4, -0.2) is 4.98 Å². The van der Waals surface area contributed by atoms with Crippen molar-refractivity contribution >= 4 is 11.6 Å². The number of nitrogens with zero attached hydrogens (tertiary/aromatic N) is 2. The molecule has 2 aromatic rings. The van der Waals surface area contributed by atoms with E-state index in [1.54, 1.807) is 12.3 Å². The van der Waals surface area contributed by atoms with E-state index >= 15 is 0 Å². The fraction of sp³-hybridized carbons (Fsp3) is 0.143. The molecule has 90 valence electrons. The number of ether oxygens (including phenoxy) is 1. The number of nitriles is 1. The Bertz CT molecular complexity index is 578. The first-order chi connectivity index (χ1) is 8.79. The Balaban J connectivity index is 1.93. The molecule has 1 aromatic heterocycles. The minimum Gasteiger partial charge on any atom is -0.372 e. The average molecular weight is 259 g/mol. The van der Waals surface area contributed by atoms with E-state index in [1.807, 2.05) is 36.4 Å². The molecule has 0 saturated heterocycles. The lowest BCUT2D eigenvalue weighted by Crippen LogP contribution is -1.96. The molecule has 0 radical (unpaired) electrons. The Morgan fingerprint density at radius 3 is 2.83 bits per heavy atom. The monoisotopic (exact) mass is 258 g/mol. The molecule has 4 heteroatoms. The molecule has 0 aliphatic rings. The van der Waals surface area contributed by atoms with Gasteiger partial charge in [-0.25, -0.2) is 4.98 Å². The van der Waals surface area contributed by atoms with Crippen LogP contribution in [0, 0.1) is 11.3 Å². The number of hydrogen-bond donors (Lipinski definition) is 0. The molecular formula is C14H11ClN2O. The van der Waals surface area contributed by atoms with Crippen molar-refractivity contribution in [2.75, 3.05) is 0 Å². The predicted molar refractivity (Wildman–Crippen MR) is 68.9 cm³/mol. The molecule has 0 unspecified atom stereocenters. The third-order valence-corrected chi connectivity index (χ3v) is 2.79. The molecule has 0 saturated carbocycles. The number of halogens is 1. The van der Waals surface area contributed by atoms with E-state index in [4.69, 9.17) is 21.6 Å². The lowest BCUT2D eigenvalue weighted by atomic mass is 10.2. The first kappa shape index (κ1) is 12.6. The Labute approximate surface area is 111 Å². The van der Waals surface area contributed by atoms with Crippen LogP contribution in [0.1, 0.15) is 16.8 Å². The van der Waals surface area contributed by atoms with Gasteiger partial charge in [-0.1, -0.05) is 29.8 Å². The largest absolute Gasteiger partial charge is 0.372 e. The summed E-state index contributed by atoms with van der Waals surface area (Å²) in [6, 6.07) is 13.1. The minimum atomic E-state index is 0.397. The average Bonchev–Trinajstić information content (AvgIpc) is 2.41. The Kier molecular flexibility index (Phi) is 4.30. The second-order valence-corrected chi connectivity index (χ2v) is 4.15. The van der Waals surface area contributed by atoms with Crippen molar-refractivity contribution in [2.24, 2.45) is 0 Å². The van der Waals surface area contributed by atoms with Crippen molar-refractivity contribution in [3.8, 4) is 6.07 Å². The smallest absolute Gasteiger partial charge is 0.140 e. The molecular weight excluding hydrogens is 248 g/mol. The van der Waals surface area contributed by atoms with Crippen LogP contribution >= 0.6 is 11.6 Å². The van der Waals surface area contributed by atoms with Gasteiger partial charge in [-0.2, -0.15) is 5.26 Å². The lowest BCUT2D eigenvalue weighted by molar-refractivity contribution is 0.107. The fourth-order valence-corrected chi connectivity index (χ4v) is 1.71. The van der Waals surface area contributed by atoms with E-state index < -0.39 is 0 Å². The molecule has 0 N–H and O–H groups in total. The zero-order valence-electron chi connectivity index (χ0n) is 9.64. The van der Waals surface area contributed by atoms with Crippen LogP contribution in [0.2, 0.25) is 5.02 Å². The maximum atomic E-state index is 8.73. The maximum absolute atomic E-state index is 8.73. The summed E-state index contributed by atoms with van der Waals surface area (Å²) in [6.45, 7) is 0.881. The van der Waals surface area contributed by atoms with E-state index in [0.717, 1.165) is 11.1 Å². The van der Waals surface area contributed by atoms with Crippen LogP contribution in [0.4, 0.5) is 0 Å². The maximum Gasteiger partial charge on any atom is 0.140 e. The Morgan fingerprint density at radius 2 is 2.06 bits per heavy atom. The van der Waals surface area contributed by atoms with Gasteiger partial charge >= 0.3 is 0 Å². The summed E-state index contributed by atoms with van der Waals surface area (Å²) < 4.78 is 5.56. The topological polar surface area (TPSA) is 45.9 Å². The summed E-state index contributed by atoms with van der Waals surface area (Å²) in [5.41, 5.74) is 2.27. The van der Waals surface area contributed by atoms with Crippen LogP contribution < -0.4 is 0 Å².